The van der Waals surface area contributed by atoms with Crippen LogP contribution in [0.2, 0.25) is 0 Å². The molecule has 1 fully saturated rings. The molecule has 4 nitrogen and oxygen atoms in total. The van der Waals surface area contributed by atoms with E-state index in [1.165, 1.54) is 19.3 Å². The first-order valence-electron chi connectivity index (χ1n) is 6.26. The number of likely N-dealkylation sites (N-methyl/N-ethyl adjacent to an activating group) is 1. The lowest BCUT2D eigenvalue weighted by Gasteiger charge is -2.28. The van der Waals surface area contributed by atoms with Gasteiger partial charge in [0.15, 0.2) is 0 Å². The highest BCUT2D eigenvalue weighted by Crippen LogP contribution is 2.28. The molecule has 0 aliphatic heterocycles. The zero-order valence-electron chi connectivity index (χ0n) is 10.7. The minimum atomic E-state index is 0.663. The van der Waals surface area contributed by atoms with Crippen molar-refractivity contribution in [3.63, 3.8) is 0 Å². The molecule has 1 saturated carbocycles. The maximum absolute atomic E-state index is 5.78. The number of ether oxygens (including phenoxy) is 2. The van der Waals surface area contributed by atoms with Crippen LogP contribution in [-0.4, -0.2) is 58.0 Å². The fraction of sp³-hybridized carbons (Fsp3) is 1.00. The van der Waals surface area contributed by atoms with E-state index in [0.29, 0.717) is 25.2 Å². The number of rotatable bonds is 8. The fourth-order valence-electron chi connectivity index (χ4n) is 2.49. The Hall–Kier alpha value is -0.160. The molecule has 0 aromatic carbocycles. The van der Waals surface area contributed by atoms with Crippen molar-refractivity contribution in [3.8, 4) is 0 Å². The Morgan fingerprint density at radius 2 is 2.06 bits per heavy atom. The molecular formula is C12H26N2O2. The van der Waals surface area contributed by atoms with Crippen LogP contribution in [0.4, 0.5) is 0 Å². The highest BCUT2D eigenvalue weighted by Gasteiger charge is 2.28. The Morgan fingerprint density at radius 3 is 2.75 bits per heavy atom. The summed E-state index contributed by atoms with van der Waals surface area (Å²) in [5.74, 6) is 0.684. The number of hydrogen-bond donors (Lipinski definition) is 1. The van der Waals surface area contributed by atoms with Crippen LogP contribution in [0.3, 0.4) is 0 Å². The molecule has 0 heterocycles. The monoisotopic (exact) mass is 230 g/mol. The van der Waals surface area contributed by atoms with Crippen molar-refractivity contribution >= 4 is 0 Å². The second kappa shape index (κ2) is 8.01. The highest BCUT2D eigenvalue weighted by molar-refractivity contribution is 4.84. The van der Waals surface area contributed by atoms with Gasteiger partial charge in [0, 0.05) is 19.7 Å². The van der Waals surface area contributed by atoms with Gasteiger partial charge in [-0.25, -0.2) is 0 Å². The molecule has 0 bridgehead atoms. The van der Waals surface area contributed by atoms with E-state index >= 15 is 0 Å². The topological polar surface area (TPSA) is 47.7 Å². The van der Waals surface area contributed by atoms with Gasteiger partial charge in [-0.2, -0.15) is 0 Å². The van der Waals surface area contributed by atoms with Gasteiger partial charge < -0.3 is 20.1 Å². The minimum absolute atomic E-state index is 0.663. The van der Waals surface area contributed by atoms with Crippen LogP contribution in [-0.2, 0) is 9.47 Å². The van der Waals surface area contributed by atoms with Gasteiger partial charge in [0.05, 0.1) is 19.8 Å². The largest absolute Gasteiger partial charge is 0.382 e. The van der Waals surface area contributed by atoms with Crippen molar-refractivity contribution in [3.05, 3.63) is 0 Å². The summed E-state index contributed by atoms with van der Waals surface area (Å²) in [6.07, 6.45) is 3.90. The molecule has 2 unspecified atom stereocenters. The molecule has 0 saturated heterocycles. The van der Waals surface area contributed by atoms with Gasteiger partial charge in [0.1, 0.15) is 0 Å². The quantitative estimate of drug-likeness (QED) is 0.624. The molecule has 0 radical (unpaired) electrons. The molecule has 1 aliphatic carbocycles. The molecule has 1 rings (SSSR count). The van der Waals surface area contributed by atoms with E-state index in [2.05, 4.69) is 11.9 Å². The third-order valence-electron chi connectivity index (χ3n) is 3.51. The van der Waals surface area contributed by atoms with Crippen LogP contribution in [0.1, 0.15) is 19.3 Å². The minimum Gasteiger partial charge on any atom is -0.382 e. The molecular weight excluding hydrogens is 204 g/mol. The van der Waals surface area contributed by atoms with Crippen LogP contribution in [0, 0.1) is 5.92 Å². The lowest BCUT2D eigenvalue weighted by atomic mass is 10.0. The van der Waals surface area contributed by atoms with E-state index < -0.39 is 0 Å². The third-order valence-corrected chi connectivity index (χ3v) is 3.51. The standard InChI is InChI=1S/C12H26N2O2/c1-14(6-7-16-9-8-15-2)12-5-3-4-11(12)10-13/h11-12H,3-10,13H2,1-2H3. The number of hydrogen-bond acceptors (Lipinski definition) is 4. The summed E-state index contributed by atoms with van der Waals surface area (Å²) < 4.78 is 10.4. The van der Waals surface area contributed by atoms with Gasteiger partial charge in [-0.05, 0) is 32.4 Å². The Labute approximate surface area is 99.1 Å². The molecule has 0 aromatic rings. The van der Waals surface area contributed by atoms with E-state index in [1.54, 1.807) is 7.11 Å². The average Bonchev–Trinajstić information content (AvgIpc) is 2.76. The molecule has 4 heteroatoms. The van der Waals surface area contributed by atoms with Gasteiger partial charge >= 0.3 is 0 Å². The van der Waals surface area contributed by atoms with Crippen molar-refractivity contribution in [1.82, 2.24) is 4.90 Å². The molecule has 2 N–H and O–H groups in total. The SMILES string of the molecule is COCCOCCN(C)C1CCCC1CN. The number of methoxy groups -OCH3 is 1. The van der Waals surface area contributed by atoms with Crippen LogP contribution >= 0.6 is 0 Å². The number of nitrogens with zero attached hydrogens (tertiary/aromatic N) is 1. The van der Waals surface area contributed by atoms with Crippen molar-refractivity contribution in [1.29, 1.82) is 0 Å². The summed E-state index contributed by atoms with van der Waals surface area (Å²) in [5.41, 5.74) is 5.78. The first-order chi connectivity index (χ1) is 7.79. The summed E-state index contributed by atoms with van der Waals surface area (Å²) in [6.45, 7) is 3.96. The highest BCUT2D eigenvalue weighted by atomic mass is 16.5. The van der Waals surface area contributed by atoms with Crippen LogP contribution < -0.4 is 5.73 Å². The van der Waals surface area contributed by atoms with Crippen molar-refractivity contribution in [2.75, 3.05) is 47.1 Å². The molecule has 0 aromatic heterocycles. The maximum atomic E-state index is 5.78. The summed E-state index contributed by atoms with van der Waals surface area (Å²) in [4.78, 5) is 2.40. The van der Waals surface area contributed by atoms with E-state index in [1.807, 2.05) is 0 Å². The summed E-state index contributed by atoms with van der Waals surface area (Å²) >= 11 is 0. The smallest absolute Gasteiger partial charge is 0.0700 e. The van der Waals surface area contributed by atoms with Gasteiger partial charge in [0.2, 0.25) is 0 Å². The van der Waals surface area contributed by atoms with E-state index in [0.717, 1.165) is 19.7 Å². The zero-order chi connectivity index (χ0) is 11.8. The second-order valence-electron chi connectivity index (χ2n) is 4.58. The van der Waals surface area contributed by atoms with Crippen LogP contribution in [0.15, 0.2) is 0 Å². The lowest BCUT2D eigenvalue weighted by molar-refractivity contribution is 0.0519. The van der Waals surface area contributed by atoms with Crippen LogP contribution in [0.25, 0.3) is 0 Å². The Balaban J connectivity index is 2.11. The molecule has 0 amide bonds. The van der Waals surface area contributed by atoms with Crippen molar-refractivity contribution in [2.24, 2.45) is 11.7 Å². The first kappa shape index (κ1) is 13.9. The van der Waals surface area contributed by atoms with Crippen molar-refractivity contribution < 1.29 is 9.47 Å². The zero-order valence-corrected chi connectivity index (χ0v) is 10.7. The van der Waals surface area contributed by atoms with Gasteiger partial charge in [-0.1, -0.05) is 6.42 Å². The van der Waals surface area contributed by atoms with Gasteiger partial charge in [-0.3, -0.25) is 0 Å². The van der Waals surface area contributed by atoms with Gasteiger partial charge in [-0.15, -0.1) is 0 Å². The van der Waals surface area contributed by atoms with E-state index in [-0.39, 0.29) is 0 Å². The Bertz CT molecular complexity index is 178. The lowest BCUT2D eigenvalue weighted by Crippen LogP contribution is -2.39. The molecule has 96 valence electrons. The van der Waals surface area contributed by atoms with E-state index in [9.17, 15) is 0 Å². The summed E-state index contributed by atoms with van der Waals surface area (Å²) in [6, 6.07) is 0.663. The summed E-state index contributed by atoms with van der Waals surface area (Å²) in [5, 5.41) is 0. The predicted molar refractivity (Wildman–Crippen MR) is 65.5 cm³/mol. The molecule has 1 aliphatic rings. The number of nitrogens with two attached hydrogens (primary N) is 1. The maximum Gasteiger partial charge on any atom is 0.0700 e. The van der Waals surface area contributed by atoms with Gasteiger partial charge in [0.25, 0.3) is 0 Å². The molecule has 16 heavy (non-hydrogen) atoms. The average molecular weight is 230 g/mol. The van der Waals surface area contributed by atoms with Crippen molar-refractivity contribution in [2.45, 2.75) is 25.3 Å². The Kier molecular flexibility index (Phi) is 6.96. The van der Waals surface area contributed by atoms with E-state index in [4.69, 9.17) is 15.2 Å². The molecule has 0 spiro atoms. The summed E-state index contributed by atoms with van der Waals surface area (Å²) in [7, 11) is 3.87. The normalized spacial score (nSPS) is 25.5. The third kappa shape index (κ3) is 4.37. The predicted octanol–water partition coefficient (Wildman–Crippen LogP) is 0.709. The second-order valence-corrected chi connectivity index (χ2v) is 4.58. The van der Waals surface area contributed by atoms with Crippen LogP contribution in [0.5, 0.6) is 0 Å². The first-order valence-corrected chi connectivity index (χ1v) is 6.26. The fourth-order valence-corrected chi connectivity index (χ4v) is 2.49. The Morgan fingerprint density at radius 1 is 1.25 bits per heavy atom. The molecule has 2 atom stereocenters.